The summed E-state index contributed by atoms with van der Waals surface area (Å²) in [4.78, 5) is 2.68. The van der Waals surface area contributed by atoms with Crippen LogP contribution in [0.4, 0.5) is 0 Å². The zero-order chi connectivity index (χ0) is 7.68. The van der Waals surface area contributed by atoms with Gasteiger partial charge in [0.25, 0.3) is 0 Å². The van der Waals surface area contributed by atoms with E-state index in [4.69, 9.17) is 11.6 Å². The van der Waals surface area contributed by atoms with Crippen molar-refractivity contribution in [3.63, 3.8) is 0 Å². The zero-order valence-corrected chi connectivity index (χ0v) is 8.91. The number of alkyl halides is 1. The highest BCUT2D eigenvalue weighted by atomic mass is 35.5. The molecule has 0 aromatic heterocycles. The molecule has 0 radical (unpaired) electrons. The van der Waals surface area contributed by atoms with E-state index in [1.807, 2.05) is 0 Å². The fourth-order valence-corrected chi connectivity index (χ4v) is 2.89. The summed E-state index contributed by atoms with van der Waals surface area (Å²) in [5.41, 5.74) is 0. The molecule has 0 aliphatic carbocycles. The number of fused-ring (bicyclic) bond motifs is 1. The topological polar surface area (TPSA) is 3.24 Å². The molecule has 0 spiro atoms. The smallest absolute Gasteiger partial charge is 0.0238 e. The normalized spacial score (nSPS) is 34.8. The van der Waals surface area contributed by atoms with E-state index in [2.05, 4.69) is 4.90 Å². The maximum atomic E-state index is 5.75. The van der Waals surface area contributed by atoms with E-state index in [-0.39, 0.29) is 12.4 Å². The van der Waals surface area contributed by atoms with Crippen molar-refractivity contribution in [1.29, 1.82) is 0 Å². The highest BCUT2D eigenvalue weighted by Crippen LogP contribution is 2.33. The molecule has 0 aromatic rings. The van der Waals surface area contributed by atoms with E-state index in [0.717, 1.165) is 18.0 Å². The molecule has 2 aliphatic heterocycles. The van der Waals surface area contributed by atoms with E-state index < -0.39 is 0 Å². The van der Waals surface area contributed by atoms with Gasteiger partial charge in [-0.25, -0.2) is 0 Å². The summed E-state index contributed by atoms with van der Waals surface area (Å²) in [6, 6.07) is 1.77. The Bertz CT molecular complexity index is 138. The quantitative estimate of drug-likeness (QED) is 0.633. The second-order valence-corrected chi connectivity index (χ2v) is 4.12. The lowest BCUT2D eigenvalue weighted by Crippen LogP contribution is -2.31. The summed E-state index contributed by atoms with van der Waals surface area (Å²) in [6.07, 6.45) is 6.90. The van der Waals surface area contributed by atoms with E-state index in [0.29, 0.717) is 0 Å². The maximum Gasteiger partial charge on any atom is 0.0238 e. The summed E-state index contributed by atoms with van der Waals surface area (Å²) in [7, 11) is 0. The van der Waals surface area contributed by atoms with Crippen LogP contribution >= 0.6 is 24.0 Å². The molecule has 0 N–H and O–H groups in total. The molecule has 0 bridgehead atoms. The molecule has 0 saturated carbocycles. The molecule has 2 aliphatic rings. The Morgan fingerprint density at radius 2 is 2.08 bits per heavy atom. The predicted molar refractivity (Wildman–Crippen MR) is 55.3 cm³/mol. The summed E-state index contributed by atoms with van der Waals surface area (Å²) in [5, 5.41) is 0. The van der Waals surface area contributed by atoms with E-state index in [1.54, 1.807) is 0 Å². The van der Waals surface area contributed by atoms with Crippen molar-refractivity contribution in [2.75, 3.05) is 12.4 Å². The highest BCUT2D eigenvalue weighted by Gasteiger charge is 2.35. The predicted octanol–water partition coefficient (Wildman–Crippen LogP) is 2.66. The van der Waals surface area contributed by atoms with Crippen LogP contribution in [-0.2, 0) is 0 Å². The van der Waals surface area contributed by atoms with Crippen LogP contribution in [-0.4, -0.2) is 29.4 Å². The van der Waals surface area contributed by atoms with Gasteiger partial charge in [0.2, 0.25) is 0 Å². The third-order valence-corrected chi connectivity index (χ3v) is 3.39. The Morgan fingerprint density at radius 3 is 2.83 bits per heavy atom. The number of nitrogens with zero attached hydrogens (tertiary/aromatic N) is 1. The molecule has 2 atom stereocenters. The average Bonchev–Trinajstić information content (AvgIpc) is 2.53. The molecule has 2 saturated heterocycles. The van der Waals surface area contributed by atoms with Gasteiger partial charge in [-0.2, -0.15) is 0 Å². The summed E-state index contributed by atoms with van der Waals surface area (Å²) >= 11 is 5.75. The largest absolute Gasteiger partial charge is 0.297 e. The second-order valence-electron chi connectivity index (χ2n) is 3.74. The molecule has 2 rings (SSSR count). The van der Waals surface area contributed by atoms with Crippen LogP contribution < -0.4 is 0 Å². The van der Waals surface area contributed by atoms with Gasteiger partial charge in [0.15, 0.2) is 0 Å². The first-order valence-corrected chi connectivity index (χ1v) is 5.27. The van der Waals surface area contributed by atoms with Crippen LogP contribution in [0.5, 0.6) is 0 Å². The van der Waals surface area contributed by atoms with Gasteiger partial charge in [0.1, 0.15) is 0 Å². The molecule has 1 nitrogen and oxygen atoms in total. The van der Waals surface area contributed by atoms with Crippen LogP contribution in [0, 0.1) is 0 Å². The Hall–Kier alpha value is 0.540. The van der Waals surface area contributed by atoms with Crippen LogP contribution in [0.15, 0.2) is 0 Å². The van der Waals surface area contributed by atoms with Gasteiger partial charge in [-0.3, -0.25) is 4.90 Å². The van der Waals surface area contributed by atoms with Crippen LogP contribution in [0.2, 0.25) is 0 Å². The van der Waals surface area contributed by atoms with Crippen molar-refractivity contribution >= 4 is 24.0 Å². The lowest BCUT2D eigenvalue weighted by molar-refractivity contribution is 0.241. The molecule has 12 heavy (non-hydrogen) atoms. The minimum Gasteiger partial charge on any atom is -0.297 e. The summed E-state index contributed by atoms with van der Waals surface area (Å²) < 4.78 is 0. The number of halogens is 2. The van der Waals surface area contributed by atoms with Crippen molar-refractivity contribution in [2.24, 2.45) is 0 Å². The average molecular weight is 210 g/mol. The molecule has 0 aromatic carbocycles. The Kier molecular flexibility index (Phi) is 4.15. The lowest BCUT2D eigenvalue weighted by Gasteiger charge is -2.22. The molecular formula is C9H17Cl2N. The minimum atomic E-state index is 0. The van der Waals surface area contributed by atoms with E-state index in [1.165, 1.54) is 38.6 Å². The second kappa shape index (κ2) is 4.69. The van der Waals surface area contributed by atoms with Crippen molar-refractivity contribution in [3.8, 4) is 0 Å². The first kappa shape index (κ1) is 10.6. The van der Waals surface area contributed by atoms with Crippen LogP contribution in [0.25, 0.3) is 0 Å². The molecule has 2 heterocycles. The highest BCUT2D eigenvalue weighted by molar-refractivity contribution is 6.17. The molecule has 2 unspecified atom stereocenters. The number of hydrogen-bond donors (Lipinski definition) is 0. The minimum absolute atomic E-state index is 0. The Balaban J connectivity index is 0.000000720. The van der Waals surface area contributed by atoms with Crippen molar-refractivity contribution < 1.29 is 0 Å². The van der Waals surface area contributed by atoms with Crippen molar-refractivity contribution in [1.82, 2.24) is 4.90 Å². The van der Waals surface area contributed by atoms with Gasteiger partial charge in [0, 0.05) is 18.0 Å². The summed E-state index contributed by atoms with van der Waals surface area (Å²) in [6.45, 7) is 1.34. The monoisotopic (exact) mass is 209 g/mol. The van der Waals surface area contributed by atoms with Gasteiger partial charge in [-0.1, -0.05) is 0 Å². The maximum absolute atomic E-state index is 5.75. The van der Waals surface area contributed by atoms with Gasteiger partial charge >= 0.3 is 0 Å². The van der Waals surface area contributed by atoms with Gasteiger partial charge in [-0.15, -0.1) is 24.0 Å². The SMILES string of the molecule is Cl.ClCCC1CCC2CCCN12. The van der Waals surface area contributed by atoms with Crippen molar-refractivity contribution in [2.45, 2.75) is 44.2 Å². The van der Waals surface area contributed by atoms with Crippen LogP contribution in [0.1, 0.15) is 32.1 Å². The van der Waals surface area contributed by atoms with Gasteiger partial charge in [0.05, 0.1) is 0 Å². The first-order valence-electron chi connectivity index (χ1n) is 4.73. The fourth-order valence-electron chi connectivity index (χ4n) is 2.64. The van der Waals surface area contributed by atoms with Crippen LogP contribution in [0.3, 0.4) is 0 Å². The molecule has 3 heteroatoms. The number of rotatable bonds is 2. The van der Waals surface area contributed by atoms with Crippen molar-refractivity contribution in [3.05, 3.63) is 0 Å². The lowest BCUT2D eigenvalue weighted by atomic mass is 10.1. The molecular weight excluding hydrogens is 193 g/mol. The van der Waals surface area contributed by atoms with E-state index in [9.17, 15) is 0 Å². The third-order valence-electron chi connectivity index (χ3n) is 3.17. The molecule has 72 valence electrons. The fraction of sp³-hybridized carbons (Fsp3) is 1.00. The van der Waals surface area contributed by atoms with Gasteiger partial charge in [-0.05, 0) is 38.6 Å². The number of hydrogen-bond acceptors (Lipinski definition) is 1. The van der Waals surface area contributed by atoms with Gasteiger partial charge < -0.3 is 0 Å². The Labute approximate surface area is 85.9 Å². The standard InChI is InChI=1S/C9H16ClN.ClH/c10-6-5-9-4-3-8-2-1-7-11(8)9;/h8-9H,1-7H2;1H. The Morgan fingerprint density at radius 1 is 1.25 bits per heavy atom. The summed E-state index contributed by atoms with van der Waals surface area (Å²) in [5.74, 6) is 0.841. The first-order chi connectivity index (χ1) is 5.42. The third kappa shape index (κ3) is 1.89. The molecule has 2 fully saturated rings. The van der Waals surface area contributed by atoms with E-state index >= 15 is 0 Å². The molecule has 0 amide bonds. The zero-order valence-electron chi connectivity index (χ0n) is 7.34.